The molecule has 3 fully saturated rings. The fourth-order valence-corrected chi connectivity index (χ4v) is 5.51. The summed E-state index contributed by atoms with van der Waals surface area (Å²) in [6, 6.07) is 11.8. The van der Waals surface area contributed by atoms with Crippen LogP contribution in [0.4, 0.5) is 4.79 Å². The van der Waals surface area contributed by atoms with Crippen molar-refractivity contribution < 1.29 is 29.1 Å². The van der Waals surface area contributed by atoms with E-state index in [4.69, 9.17) is 9.47 Å². The number of amides is 2. The fourth-order valence-electron chi connectivity index (χ4n) is 5.51. The maximum atomic E-state index is 13.4. The quantitative estimate of drug-likeness (QED) is 0.228. The molecule has 0 radical (unpaired) electrons. The Labute approximate surface area is 236 Å². The van der Waals surface area contributed by atoms with Crippen LogP contribution in [0, 0.1) is 11.3 Å². The van der Waals surface area contributed by atoms with Crippen LogP contribution in [0.5, 0.6) is 0 Å². The largest absolute Gasteiger partial charge is 0.475 e. The summed E-state index contributed by atoms with van der Waals surface area (Å²) in [6.45, 7) is 9.78. The van der Waals surface area contributed by atoms with Gasteiger partial charge in [-0.25, -0.2) is 4.79 Å². The molecule has 216 valence electrons. The summed E-state index contributed by atoms with van der Waals surface area (Å²) in [6.07, 6.45) is 1.81. The molecule has 0 bridgehead atoms. The van der Waals surface area contributed by atoms with Crippen molar-refractivity contribution in [2.75, 3.05) is 52.5 Å². The molecule has 12 heteroatoms. The number of piperidine rings is 1. The van der Waals surface area contributed by atoms with Crippen LogP contribution in [0.15, 0.2) is 42.0 Å². The van der Waals surface area contributed by atoms with Crippen LogP contribution in [-0.2, 0) is 20.7 Å². The first kappa shape index (κ1) is 30.0. The van der Waals surface area contributed by atoms with Gasteiger partial charge in [0.05, 0.1) is 31.7 Å². The number of alkyl carbamates (subject to hydrolysis) is 1. The van der Waals surface area contributed by atoms with E-state index in [0.29, 0.717) is 25.4 Å². The van der Waals surface area contributed by atoms with Crippen LogP contribution < -0.4 is 5.32 Å². The van der Waals surface area contributed by atoms with Gasteiger partial charge in [-0.05, 0) is 44.7 Å². The summed E-state index contributed by atoms with van der Waals surface area (Å²) in [5.74, 6) is -1.32. The van der Waals surface area contributed by atoms with E-state index in [1.165, 1.54) is 0 Å². The third kappa shape index (κ3) is 7.83. The molecule has 1 aromatic rings. The van der Waals surface area contributed by atoms with E-state index >= 15 is 0 Å². The highest BCUT2D eigenvalue weighted by Crippen LogP contribution is 2.24. The Hall–Kier alpha value is -2.95. The fraction of sp³-hybridized carbons (Fsp3) is 0.607. The van der Waals surface area contributed by atoms with Crippen molar-refractivity contribution in [1.82, 2.24) is 20.0 Å². The Bertz CT molecular complexity index is 1080. The average Bonchev–Trinajstić information content (AvgIpc) is 2.91. The normalized spacial score (nSPS) is 22.1. The maximum absolute atomic E-state index is 13.4. The molecule has 4 rings (SSSR count). The minimum atomic E-state index is -1.76. The van der Waals surface area contributed by atoms with Gasteiger partial charge in [-0.15, -0.1) is 0 Å². The number of nitrogens with one attached hydrogen (secondary N) is 1. The highest BCUT2D eigenvalue weighted by Gasteiger charge is 2.35. The van der Waals surface area contributed by atoms with Gasteiger partial charge < -0.3 is 29.7 Å². The van der Waals surface area contributed by atoms with Crippen molar-refractivity contribution >= 4 is 19.1 Å². The zero-order valence-electron chi connectivity index (χ0n) is 23.4. The zero-order valence-corrected chi connectivity index (χ0v) is 23.4. The molecule has 40 heavy (non-hydrogen) atoms. The van der Waals surface area contributed by atoms with Gasteiger partial charge in [-0.3, -0.25) is 14.6 Å². The predicted molar refractivity (Wildman–Crippen MR) is 149 cm³/mol. The summed E-state index contributed by atoms with van der Waals surface area (Å²) in [4.78, 5) is 32.2. The molecule has 0 aliphatic carbocycles. The van der Waals surface area contributed by atoms with Gasteiger partial charge in [0.25, 0.3) is 5.91 Å². The van der Waals surface area contributed by atoms with E-state index in [-0.39, 0.29) is 24.4 Å². The molecule has 3 aliphatic heterocycles. The Morgan fingerprint density at radius 3 is 2.50 bits per heavy atom. The van der Waals surface area contributed by atoms with Gasteiger partial charge in [0, 0.05) is 38.3 Å². The molecule has 3 N–H and O–H groups in total. The number of carbonyl (C=O) groups excluding carboxylic acids is 2. The molecule has 2 atom stereocenters. The van der Waals surface area contributed by atoms with E-state index < -0.39 is 30.8 Å². The van der Waals surface area contributed by atoms with Gasteiger partial charge >= 0.3 is 13.2 Å². The SMILES string of the molecule is CC(C)(C=C(C#N)C(=O)N1CCC[C@H](OC(=O)NC(Cc2ccccc2)B(O)O)C1)N1CCN(C2COC2)CC1. The molecule has 0 saturated carbocycles. The van der Waals surface area contributed by atoms with Crippen LogP contribution >= 0.6 is 0 Å². The lowest BCUT2D eigenvalue weighted by atomic mass is 9.76. The lowest BCUT2D eigenvalue weighted by molar-refractivity contribution is -0.129. The van der Waals surface area contributed by atoms with Gasteiger partial charge in [-0.2, -0.15) is 5.26 Å². The van der Waals surface area contributed by atoms with E-state index in [1.54, 1.807) is 11.0 Å². The molecule has 0 aromatic heterocycles. The van der Waals surface area contributed by atoms with Crippen LogP contribution in [0.25, 0.3) is 0 Å². The average molecular weight is 553 g/mol. The molecule has 3 aliphatic rings. The van der Waals surface area contributed by atoms with Crippen LogP contribution in [0.3, 0.4) is 0 Å². The van der Waals surface area contributed by atoms with Crippen LogP contribution in [-0.4, -0.2) is 120 Å². The number of hydrogen-bond donors (Lipinski definition) is 3. The van der Waals surface area contributed by atoms with Gasteiger partial charge in [0.2, 0.25) is 0 Å². The first-order valence-electron chi connectivity index (χ1n) is 14.0. The predicted octanol–water partition coefficient (Wildman–Crippen LogP) is 0.572. The lowest BCUT2D eigenvalue weighted by Gasteiger charge is -2.46. The number of hydrogen-bond acceptors (Lipinski definition) is 9. The number of nitrogens with zero attached hydrogens (tertiary/aromatic N) is 4. The summed E-state index contributed by atoms with van der Waals surface area (Å²) in [5, 5.41) is 31.9. The Morgan fingerprint density at radius 2 is 1.90 bits per heavy atom. The van der Waals surface area contributed by atoms with Crippen molar-refractivity contribution in [1.29, 1.82) is 5.26 Å². The zero-order chi connectivity index (χ0) is 28.7. The van der Waals surface area contributed by atoms with Crippen molar-refractivity contribution in [3.05, 3.63) is 47.5 Å². The molecule has 3 heterocycles. The van der Waals surface area contributed by atoms with E-state index in [2.05, 4.69) is 21.2 Å². The summed E-state index contributed by atoms with van der Waals surface area (Å²) >= 11 is 0. The van der Waals surface area contributed by atoms with Crippen molar-refractivity contribution in [3.63, 3.8) is 0 Å². The maximum Gasteiger partial charge on any atom is 0.475 e. The first-order valence-corrected chi connectivity index (χ1v) is 14.0. The number of carbonyl (C=O) groups is 2. The summed E-state index contributed by atoms with van der Waals surface area (Å²) < 4.78 is 10.9. The number of piperazine rings is 1. The Balaban J connectivity index is 1.31. The minimum absolute atomic E-state index is 0.0799. The Morgan fingerprint density at radius 1 is 1.20 bits per heavy atom. The minimum Gasteiger partial charge on any atom is -0.444 e. The van der Waals surface area contributed by atoms with E-state index in [0.717, 1.165) is 45.0 Å². The van der Waals surface area contributed by atoms with Crippen molar-refractivity contribution in [3.8, 4) is 6.07 Å². The van der Waals surface area contributed by atoms with Crippen molar-refractivity contribution in [2.24, 2.45) is 0 Å². The molecule has 1 aromatic carbocycles. The molecule has 2 amide bonds. The molecule has 0 spiro atoms. The molecule has 1 unspecified atom stereocenters. The lowest BCUT2D eigenvalue weighted by Crippen LogP contribution is -2.59. The standard InChI is InChI=1S/C28H40BN5O6/c1-28(2,34-13-11-32(12-14-34)23-19-39-20-23)16-22(17-30)26(35)33-10-6-9-24(18-33)40-27(36)31-25(29(37)38)15-21-7-4-3-5-8-21/h3-5,7-8,16,23-25,37-38H,6,9-15,18-20H2,1-2H3,(H,31,36)/t24-,25?/m0/s1. The van der Waals surface area contributed by atoms with Crippen molar-refractivity contribution in [2.45, 2.75) is 56.7 Å². The highest BCUT2D eigenvalue weighted by molar-refractivity contribution is 6.43. The number of likely N-dealkylation sites (tertiary alicyclic amines) is 1. The topological polar surface area (TPSA) is 139 Å². The second-order valence-corrected chi connectivity index (χ2v) is 11.3. The molecular formula is C28H40BN5O6. The number of benzene rings is 1. The highest BCUT2D eigenvalue weighted by atomic mass is 16.6. The molecule has 11 nitrogen and oxygen atoms in total. The first-order chi connectivity index (χ1) is 19.2. The van der Waals surface area contributed by atoms with Crippen LogP contribution in [0.2, 0.25) is 0 Å². The smallest absolute Gasteiger partial charge is 0.444 e. The van der Waals surface area contributed by atoms with E-state index in [9.17, 15) is 24.9 Å². The van der Waals surface area contributed by atoms with Gasteiger partial charge in [0.1, 0.15) is 17.7 Å². The summed E-state index contributed by atoms with van der Waals surface area (Å²) in [7, 11) is -1.76. The number of rotatable bonds is 9. The van der Waals surface area contributed by atoms with Crippen LogP contribution in [0.1, 0.15) is 32.3 Å². The van der Waals surface area contributed by atoms with Gasteiger partial charge in [-0.1, -0.05) is 30.3 Å². The monoisotopic (exact) mass is 553 g/mol. The molecular weight excluding hydrogens is 513 g/mol. The second-order valence-electron chi connectivity index (χ2n) is 11.3. The van der Waals surface area contributed by atoms with E-state index in [1.807, 2.05) is 44.2 Å². The summed E-state index contributed by atoms with van der Waals surface area (Å²) in [5.41, 5.74) is 0.438. The van der Waals surface area contributed by atoms with Gasteiger partial charge in [0.15, 0.2) is 0 Å². The Kier molecular flexibility index (Phi) is 10.2. The molecule has 3 saturated heterocycles. The second kappa shape index (κ2) is 13.6. The third-order valence-electron chi connectivity index (χ3n) is 8.02. The number of ether oxygens (including phenoxy) is 2. The number of nitriles is 1. The third-order valence-corrected chi connectivity index (χ3v) is 8.02.